The van der Waals surface area contributed by atoms with Gasteiger partial charge in [0.2, 0.25) is 0 Å². The highest BCUT2D eigenvalue weighted by molar-refractivity contribution is 6.36. The van der Waals surface area contributed by atoms with Crippen molar-refractivity contribution in [2.24, 2.45) is 0 Å². The molecule has 0 saturated heterocycles. The Kier molecular flexibility index (Phi) is 11.2. The molecule has 0 unspecified atom stereocenters. The van der Waals surface area contributed by atoms with E-state index in [2.05, 4.69) is 19.7 Å². The molecule has 0 aromatic heterocycles. The standard InChI is InChI=1S/3C5H9O.Al/c3*1-5(2)3-4-6;/h3*1,3-4H2,2H3;/q3*-1;+3. The van der Waals surface area contributed by atoms with Gasteiger partial charge in [-0.15, -0.1) is 19.7 Å². The Hall–Kier alpha value is -0.368. The molecule has 0 spiro atoms. The summed E-state index contributed by atoms with van der Waals surface area (Å²) in [5.74, 6) is 0. The van der Waals surface area contributed by atoms with Gasteiger partial charge in [-0.25, -0.2) is 0 Å². The van der Waals surface area contributed by atoms with Crippen molar-refractivity contribution < 1.29 is 11.4 Å². The van der Waals surface area contributed by atoms with Gasteiger partial charge in [-0.1, -0.05) is 16.7 Å². The molecular formula is C15H27AlO3. The molecule has 0 rings (SSSR count). The lowest BCUT2D eigenvalue weighted by Gasteiger charge is -2.14. The predicted octanol–water partition coefficient (Wildman–Crippen LogP) is 3.92. The Morgan fingerprint density at radius 2 is 0.947 bits per heavy atom. The molecule has 0 amide bonds. The zero-order valence-corrected chi connectivity index (χ0v) is 13.8. The molecule has 0 N–H and O–H groups in total. The molecule has 0 heterocycles. The Morgan fingerprint density at radius 3 is 1.16 bits per heavy atom. The van der Waals surface area contributed by atoms with E-state index >= 15 is 0 Å². The molecule has 0 aromatic carbocycles. The average molecular weight is 282 g/mol. The predicted molar refractivity (Wildman–Crippen MR) is 81.9 cm³/mol. The lowest BCUT2D eigenvalue weighted by Crippen LogP contribution is -2.29. The summed E-state index contributed by atoms with van der Waals surface area (Å²) in [5, 5.41) is 0. The average Bonchev–Trinajstić information content (AvgIpc) is 2.26. The van der Waals surface area contributed by atoms with Gasteiger partial charge in [0.25, 0.3) is 0 Å². The fraction of sp³-hybridized carbons (Fsp3) is 0.600. The van der Waals surface area contributed by atoms with Crippen LogP contribution in [0.3, 0.4) is 0 Å². The van der Waals surface area contributed by atoms with E-state index in [1.54, 1.807) is 0 Å². The van der Waals surface area contributed by atoms with Crippen molar-refractivity contribution in [2.45, 2.75) is 40.0 Å². The van der Waals surface area contributed by atoms with E-state index in [4.69, 9.17) is 11.4 Å². The molecule has 4 heteroatoms. The van der Waals surface area contributed by atoms with Crippen LogP contribution in [0, 0.1) is 0 Å². The number of rotatable bonds is 12. The molecule has 0 bridgehead atoms. The molecule has 3 nitrogen and oxygen atoms in total. The van der Waals surface area contributed by atoms with Crippen molar-refractivity contribution in [3.63, 3.8) is 0 Å². The van der Waals surface area contributed by atoms with Crippen molar-refractivity contribution >= 4 is 15.1 Å². The Morgan fingerprint density at radius 1 is 0.684 bits per heavy atom. The van der Waals surface area contributed by atoms with E-state index in [0.717, 1.165) is 36.0 Å². The zero-order valence-electron chi connectivity index (χ0n) is 12.7. The van der Waals surface area contributed by atoms with Crippen LogP contribution in [0.25, 0.3) is 0 Å². The van der Waals surface area contributed by atoms with Gasteiger partial charge in [0, 0.05) is 19.8 Å². The minimum atomic E-state index is -2.03. The first kappa shape index (κ1) is 18.6. The van der Waals surface area contributed by atoms with Crippen molar-refractivity contribution in [3.05, 3.63) is 36.5 Å². The van der Waals surface area contributed by atoms with Gasteiger partial charge in [-0.2, -0.15) is 0 Å². The maximum atomic E-state index is 5.69. The van der Waals surface area contributed by atoms with Crippen molar-refractivity contribution in [1.82, 2.24) is 0 Å². The monoisotopic (exact) mass is 282 g/mol. The van der Waals surface area contributed by atoms with Gasteiger partial charge in [0.1, 0.15) is 0 Å². The van der Waals surface area contributed by atoms with Gasteiger partial charge in [-0.05, 0) is 40.0 Å². The van der Waals surface area contributed by atoms with Crippen LogP contribution in [0.5, 0.6) is 0 Å². The van der Waals surface area contributed by atoms with Gasteiger partial charge in [-0.3, -0.25) is 0 Å². The Bertz CT molecular complexity index is 252. The normalized spacial score (nSPS) is 10.3. The summed E-state index contributed by atoms with van der Waals surface area (Å²) < 4.78 is 17.1. The summed E-state index contributed by atoms with van der Waals surface area (Å²) in [6, 6.07) is 0. The smallest absolute Gasteiger partial charge is 0.454 e. The number of hydrogen-bond acceptors (Lipinski definition) is 3. The second-order valence-corrected chi connectivity index (χ2v) is 6.60. The van der Waals surface area contributed by atoms with Crippen molar-refractivity contribution in [1.29, 1.82) is 0 Å². The first-order valence-electron chi connectivity index (χ1n) is 6.69. The van der Waals surface area contributed by atoms with Crippen LogP contribution in [-0.2, 0) is 11.4 Å². The van der Waals surface area contributed by atoms with E-state index in [1.165, 1.54) is 0 Å². The minimum Gasteiger partial charge on any atom is -0.454 e. The molecule has 0 aliphatic heterocycles. The van der Waals surface area contributed by atoms with Crippen LogP contribution in [0.1, 0.15) is 40.0 Å². The van der Waals surface area contributed by atoms with E-state index in [-0.39, 0.29) is 0 Å². The van der Waals surface area contributed by atoms with Crippen LogP contribution in [0.4, 0.5) is 0 Å². The maximum Gasteiger partial charge on any atom is 0.905 e. The van der Waals surface area contributed by atoms with Gasteiger partial charge >= 0.3 is 15.1 Å². The summed E-state index contributed by atoms with van der Waals surface area (Å²) in [4.78, 5) is 0. The summed E-state index contributed by atoms with van der Waals surface area (Å²) in [6.07, 6.45) is 2.53. The molecule has 108 valence electrons. The highest BCUT2D eigenvalue weighted by Gasteiger charge is 2.30. The summed E-state index contributed by atoms with van der Waals surface area (Å²) in [6.45, 7) is 19.4. The van der Waals surface area contributed by atoms with Crippen LogP contribution in [0.15, 0.2) is 36.5 Å². The Balaban J connectivity index is 3.94. The lowest BCUT2D eigenvalue weighted by atomic mass is 10.3. The van der Waals surface area contributed by atoms with E-state index in [0.29, 0.717) is 19.8 Å². The van der Waals surface area contributed by atoms with Gasteiger partial charge < -0.3 is 11.4 Å². The largest absolute Gasteiger partial charge is 0.905 e. The van der Waals surface area contributed by atoms with Crippen LogP contribution < -0.4 is 0 Å². The van der Waals surface area contributed by atoms with Crippen LogP contribution in [-0.4, -0.2) is 35.0 Å². The highest BCUT2D eigenvalue weighted by Crippen LogP contribution is 2.04. The van der Waals surface area contributed by atoms with Crippen molar-refractivity contribution in [2.75, 3.05) is 19.8 Å². The zero-order chi connectivity index (χ0) is 14.7. The quantitative estimate of drug-likeness (QED) is 0.401. The number of hydrogen-bond donors (Lipinski definition) is 0. The topological polar surface area (TPSA) is 27.7 Å². The molecule has 0 fully saturated rings. The van der Waals surface area contributed by atoms with E-state index < -0.39 is 15.1 Å². The van der Waals surface area contributed by atoms with E-state index in [9.17, 15) is 0 Å². The SMILES string of the molecule is C=C(C)CC[O][Al]([O]CCC(=C)C)[O]CCC(=C)C. The van der Waals surface area contributed by atoms with Crippen molar-refractivity contribution in [3.8, 4) is 0 Å². The molecule has 0 saturated carbocycles. The third-order valence-corrected chi connectivity index (χ3v) is 3.87. The van der Waals surface area contributed by atoms with Gasteiger partial charge in [0.05, 0.1) is 0 Å². The second kappa shape index (κ2) is 11.5. The maximum absolute atomic E-state index is 5.69. The van der Waals surface area contributed by atoms with E-state index in [1.807, 2.05) is 20.8 Å². The third-order valence-electron chi connectivity index (χ3n) is 2.35. The van der Waals surface area contributed by atoms with Crippen LogP contribution in [0.2, 0.25) is 0 Å². The first-order valence-corrected chi connectivity index (χ1v) is 8.11. The van der Waals surface area contributed by atoms with Gasteiger partial charge in [0.15, 0.2) is 0 Å². The third kappa shape index (κ3) is 13.9. The summed E-state index contributed by atoms with van der Waals surface area (Å²) >= 11 is -2.03. The fourth-order valence-electron chi connectivity index (χ4n) is 1.13. The molecule has 0 aliphatic rings. The second-order valence-electron chi connectivity index (χ2n) is 5.02. The molecule has 0 radical (unpaired) electrons. The first-order chi connectivity index (χ1) is 8.91. The molecule has 0 aliphatic carbocycles. The summed E-state index contributed by atoms with van der Waals surface area (Å²) in [7, 11) is 0. The lowest BCUT2D eigenvalue weighted by molar-refractivity contribution is 0.0959. The molecule has 0 aromatic rings. The summed E-state index contributed by atoms with van der Waals surface area (Å²) in [5.41, 5.74) is 3.32. The highest BCUT2D eigenvalue weighted by atomic mass is 27.3. The fourth-order valence-corrected chi connectivity index (χ4v) is 2.35. The Labute approximate surface area is 123 Å². The van der Waals surface area contributed by atoms with Crippen LogP contribution >= 0.6 is 0 Å². The molecule has 19 heavy (non-hydrogen) atoms. The molecule has 0 atom stereocenters. The minimum absolute atomic E-state index is 0.617. The molecular weight excluding hydrogens is 255 g/mol.